The van der Waals surface area contributed by atoms with E-state index >= 15 is 0 Å². The zero-order valence-corrected chi connectivity index (χ0v) is 15.9. The maximum atomic E-state index is 6.38. The van der Waals surface area contributed by atoms with Crippen LogP contribution in [-0.2, 0) is 6.54 Å². The molecule has 0 amide bonds. The molecule has 0 unspecified atom stereocenters. The van der Waals surface area contributed by atoms with Crippen molar-refractivity contribution in [1.29, 1.82) is 0 Å². The molecule has 3 N–H and O–H groups in total. The topological polar surface area (TPSA) is 48.5 Å². The number of hydrogen-bond acceptors (Lipinski definition) is 4. The van der Waals surface area contributed by atoms with Gasteiger partial charge in [-0.15, -0.1) is 0 Å². The van der Waals surface area contributed by atoms with Crippen molar-refractivity contribution in [2.75, 3.05) is 23.7 Å². The fourth-order valence-electron chi connectivity index (χ4n) is 2.62. The highest BCUT2D eigenvalue weighted by Crippen LogP contribution is 2.34. The first kappa shape index (κ1) is 17.9. The van der Waals surface area contributed by atoms with Crippen LogP contribution in [0.5, 0.6) is 0 Å². The summed E-state index contributed by atoms with van der Waals surface area (Å²) in [4.78, 5) is 4.29. The van der Waals surface area contributed by atoms with E-state index in [2.05, 4.69) is 59.1 Å². The van der Waals surface area contributed by atoms with Crippen molar-refractivity contribution in [3.05, 3.63) is 57.6 Å². The Kier molecular flexibility index (Phi) is 5.71. The number of nitrogens with one attached hydrogen (secondary N) is 3. The molecule has 1 heterocycles. The summed E-state index contributed by atoms with van der Waals surface area (Å²) in [6, 6.07) is 12.4. The van der Waals surface area contributed by atoms with Crippen LogP contribution in [0, 0.1) is 0 Å². The molecule has 0 radical (unpaired) electrons. The smallest absolute Gasteiger partial charge is 0.196 e. The van der Waals surface area contributed by atoms with Crippen LogP contribution in [-0.4, -0.2) is 19.0 Å². The predicted molar refractivity (Wildman–Crippen MR) is 108 cm³/mol. The molecular formula is C19H22Cl2N4. The molecule has 0 bridgehead atoms. The van der Waals surface area contributed by atoms with Crippen molar-refractivity contribution in [2.45, 2.75) is 26.3 Å². The minimum absolute atomic E-state index is 0.540. The third-order valence-corrected chi connectivity index (χ3v) is 4.70. The zero-order valence-electron chi connectivity index (χ0n) is 14.4. The molecule has 0 aromatic heterocycles. The van der Waals surface area contributed by atoms with Gasteiger partial charge in [-0.25, -0.2) is 0 Å². The Hall–Kier alpha value is -1.91. The molecule has 1 aliphatic heterocycles. The molecule has 132 valence electrons. The highest BCUT2D eigenvalue weighted by atomic mass is 35.5. The fourth-order valence-corrected chi connectivity index (χ4v) is 3.20. The number of halogens is 2. The van der Waals surface area contributed by atoms with Gasteiger partial charge in [0.2, 0.25) is 0 Å². The lowest BCUT2D eigenvalue weighted by Gasteiger charge is -2.14. The third-order valence-electron chi connectivity index (χ3n) is 4.10. The lowest BCUT2D eigenvalue weighted by atomic mass is 10.0. The summed E-state index contributed by atoms with van der Waals surface area (Å²) in [6.07, 6.45) is 0. The van der Waals surface area contributed by atoms with E-state index in [1.165, 1.54) is 11.1 Å². The Morgan fingerprint density at radius 1 is 1.12 bits per heavy atom. The zero-order chi connectivity index (χ0) is 17.8. The van der Waals surface area contributed by atoms with E-state index < -0.39 is 0 Å². The first-order chi connectivity index (χ1) is 12.0. The van der Waals surface area contributed by atoms with Gasteiger partial charge in [-0.2, -0.15) is 0 Å². The Morgan fingerprint density at radius 3 is 2.36 bits per heavy atom. The Balaban J connectivity index is 1.66. The summed E-state index contributed by atoms with van der Waals surface area (Å²) >= 11 is 12.8. The van der Waals surface area contributed by atoms with Gasteiger partial charge in [0.1, 0.15) is 0 Å². The average Bonchev–Trinajstić information content (AvgIpc) is 3.10. The number of guanidine groups is 1. The lowest BCUT2D eigenvalue weighted by molar-refractivity contribution is 0.865. The van der Waals surface area contributed by atoms with Crippen molar-refractivity contribution in [3.8, 4) is 0 Å². The van der Waals surface area contributed by atoms with Crippen LogP contribution in [0.1, 0.15) is 30.9 Å². The summed E-state index contributed by atoms with van der Waals surface area (Å²) in [5.74, 6) is 1.24. The number of rotatable bonds is 5. The molecule has 0 saturated carbocycles. The number of hydrogen-bond donors (Lipinski definition) is 3. The second kappa shape index (κ2) is 7.98. The van der Waals surface area contributed by atoms with E-state index in [1.807, 2.05) is 12.1 Å². The van der Waals surface area contributed by atoms with Gasteiger partial charge >= 0.3 is 0 Å². The largest absolute Gasteiger partial charge is 0.381 e. The van der Waals surface area contributed by atoms with Crippen LogP contribution in [0.3, 0.4) is 0 Å². The monoisotopic (exact) mass is 376 g/mol. The van der Waals surface area contributed by atoms with E-state index in [9.17, 15) is 0 Å². The average molecular weight is 377 g/mol. The lowest BCUT2D eigenvalue weighted by Crippen LogP contribution is -2.26. The summed E-state index contributed by atoms with van der Waals surface area (Å²) < 4.78 is 0. The predicted octanol–water partition coefficient (Wildman–Crippen LogP) is 5.10. The summed E-state index contributed by atoms with van der Waals surface area (Å²) in [5, 5.41) is 10.8. The second-order valence-electron chi connectivity index (χ2n) is 6.35. The number of aliphatic imine (C=N–C) groups is 1. The molecule has 0 saturated heterocycles. The van der Waals surface area contributed by atoms with Gasteiger partial charge in [0, 0.05) is 18.8 Å². The molecule has 25 heavy (non-hydrogen) atoms. The standard InChI is InChI=1S/C19H22Cl2N4/c1-12(2)14-5-3-13(4-6-14)11-24-15-9-16(20)18(17(21)10-15)25-19-22-7-8-23-19/h3-6,9-10,12,24H,7-8,11H2,1-2H3,(H2,22,23,25). The fraction of sp³-hybridized carbons (Fsp3) is 0.316. The van der Waals surface area contributed by atoms with E-state index in [0.29, 0.717) is 34.2 Å². The van der Waals surface area contributed by atoms with Gasteiger partial charge in [0.05, 0.1) is 22.3 Å². The minimum Gasteiger partial charge on any atom is -0.381 e. The van der Waals surface area contributed by atoms with Gasteiger partial charge < -0.3 is 16.0 Å². The molecule has 2 aromatic carbocycles. The van der Waals surface area contributed by atoms with E-state index in [4.69, 9.17) is 23.2 Å². The molecule has 0 spiro atoms. The highest BCUT2D eigenvalue weighted by molar-refractivity contribution is 6.40. The molecule has 0 aliphatic carbocycles. The maximum Gasteiger partial charge on any atom is 0.196 e. The van der Waals surface area contributed by atoms with Gasteiger partial charge in [0.25, 0.3) is 0 Å². The number of benzene rings is 2. The SMILES string of the molecule is CC(C)c1ccc(CNc2cc(Cl)c(NC3=NCCN3)c(Cl)c2)cc1. The normalized spacial score (nSPS) is 13.6. The van der Waals surface area contributed by atoms with Crippen LogP contribution in [0.2, 0.25) is 10.0 Å². The summed E-state index contributed by atoms with van der Waals surface area (Å²) in [7, 11) is 0. The van der Waals surface area contributed by atoms with Crippen molar-refractivity contribution in [3.63, 3.8) is 0 Å². The molecule has 2 aromatic rings. The summed E-state index contributed by atoms with van der Waals surface area (Å²) in [5.41, 5.74) is 4.11. The van der Waals surface area contributed by atoms with Crippen LogP contribution in [0.25, 0.3) is 0 Å². The quantitative estimate of drug-likeness (QED) is 0.680. The number of nitrogens with zero attached hydrogens (tertiary/aromatic N) is 1. The van der Waals surface area contributed by atoms with Crippen LogP contribution in [0.15, 0.2) is 41.4 Å². The second-order valence-corrected chi connectivity index (χ2v) is 7.16. The minimum atomic E-state index is 0.540. The molecular weight excluding hydrogens is 355 g/mol. The van der Waals surface area contributed by atoms with Crippen molar-refractivity contribution < 1.29 is 0 Å². The van der Waals surface area contributed by atoms with Crippen molar-refractivity contribution in [1.82, 2.24) is 5.32 Å². The molecule has 1 aliphatic rings. The molecule has 4 nitrogen and oxygen atoms in total. The summed E-state index contributed by atoms with van der Waals surface area (Å²) in [6.45, 7) is 6.69. The first-order valence-electron chi connectivity index (χ1n) is 8.40. The van der Waals surface area contributed by atoms with E-state index in [0.717, 1.165) is 18.8 Å². The number of anilines is 2. The Bertz CT molecular complexity index is 746. The first-order valence-corrected chi connectivity index (χ1v) is 9.15. The Morgan fingerprint density at radius 2 is 1.80 bits per heavy atom. The third kappa shape index (κ3) is 4.59. The molecule has 0 fully saturated rings. The Labute approximate surface area is 158 Å². The highest BCUT2D eigenvalue weighted by Gasteiger charge is 2.12. The van der Waals surface area contributed by atoms with E-state index in [-0.39, 0.29) is 0 Å². The maximum absolute atomic E-state index is 6.38. The van der Waals surface area contributed by atoms with Gasteiger partial charge in [-0.05, 0) is 29.2 Å². The molecule has 0 atom stereocenters. The van der Waals surface area contributed by atoms with Gasteiger partial charge in [0.15, 0.2) is 5.96 Å². The van der Waals surface area contributed by atoms with Crippen LogP contribution in [0.4, 0.5) is 11.4 Å². The van der Waals surface area contributed by atoms with Crippen LogP contribution < -0.4 is 16.0 Å². The van der Waals surface area contributed by atoms with Crippen molar-refractivity contribution >= 4 is 40.5 Å². The van der Waals surface area contributed by atoms with Gasteiger partial charge in [-0.3, -0.25) is 4.99 Å². The van der Waals surface area contributed by atoms with Crippen molar-refractivity contribution in [2.24, 2.45) is 4.99 Å². The van der Waals surface area contributed by atoms with E-state index in [1.54, 1.807) is 0 Å². The van der Waals surface area contributed by atoms with Gasteiger partial charge in [-0.1, -0.05) is 61.3 Å². The van der Waals surface area contributed by atoms with Crippen LogP contribution >= 0.6 is 23.2 Å². The molecule has 3 rings (SSSR count). The molecule has 6 heteroatoms.